The van der Waals surface area contributed by atoms with Crippen molar-refractivity contribution in [2.75, 3.05) is 26.4 Å². The van der Waals surface area contributed by atoms with Crippen LogP contribution in [-0.4, -0.2) is 49.1 Å². The molecule has 0 radical (unpaired) electrons. The summed E-state index contributed by atoms with van der Waals surface area (Å²) in [6.45, 7) is 0.0987. The maximum absolute atomic E-state index is 13.8. The van der Waals surface area contributed by atoms with Gasteiger partial charge >= 0.3 is 0 Å². The summed E-state index contributed by atoms with van der Waals surface area (Å²) < 4.78 is 16.6. The quantitative estimate of drug-likeness (QED) is 0.249. The van der Waals surface area contributed by atoms with Gasteiger partial charge in [-0.3, -0.25) is 29.4 Å². The Morgan fingerprint density at radius 3 is 2.29 bits per heavy atom. The average Bonchev–Trinajstić information content (AvgIpc) is 3.44. The van der Waals surface area contributed by atoms with Crippen LogP contribution >= 0.6 is 0 Å². The van der Waals surface area contributed by atoms with Gasteiger partial charge in [0, 0.05) is 17.7 Å². The third-order valence-electron chi connectivity index (χ3n) is 6.74. The molecule has 0 saturated carbocycles. The number of ether oxygens (including phenoxy) is 3. The van der Waals surface area contributed by atoms with Crippen LogP contribution in [0.15, 0.2) is 66.7 Å². The molecule has 2 saturated heterocycles. The molecule has 0 N–H and O–H groups in total. The van der Waals surface area contributed by atoms with Gasteiger partial charge in [0.15, 0.2) is 17.6 Å². The monoisotopic (exact) mass is 519 g/mol. The predicted octanol–water partition coefficient (Wildman–Crippen LogP) is 3.67. The molecular weight excluding hydrogens is 494 g/mol. The number of hydrogen-bond acceptors (Lipinski definition) is 9. The Hall–Kier alpha value is -4.64. The Bertz CT molecular complexity index is 1400. The van der Waals surface area contributed by atoms with Crippen LogP contribution in [0.3, 0.4) is 0 Å². The summed E-state index contributed by atoms with van der Waals surface area (Å²) in [5.41, 5.74) is 1.44. The minimum absolute atomic E-state index is 0.0987. The van der Waals surface area contributed by atoms with Gasteiger partial charge in [-0.05, 0) is 23.8 Å². The molecule has 5 rings (SSSR count). The van der Waals surface area contributed by atoms with Crippen molar-refractivity contribution in [1.82, 2.24) is 4.90 Å². The fourth-order valence-electron chi connectivity index (χ4n) is 5.03. The Balaban J connectivity index is 1.63. The van der Waals surface area contributed by atoms with Gasteiger partial charge in [0.25, 0.3) is 11.6 Å². The largest absolute Gasteiger partial charge is 0.493 e. The van der Waals surface area contributed by atoms with Gasteiger partial charge in [-0.1, -0.05) is 36.4 Å². The van der Waals surface area contributed by atoms with Gasteiger partial charge in [-0.25, -0.2) is 5.06 Å². The molecule has 0 aromatic heterocycles. The van der Waals surface area contributed by atoms with Crippen LogP contribution in [0.5, 0.6) is 17.2 Å². The first kappa shape index (κ1) is 25.0. The molecule has 3 aromatic rings. The minimum Gasteiger partial charge on any atom is -0.493 e. The highest BCUT2D eigenvalue weighted by Gasteiger charge is 2.60. The average molecular weight is 520 g/mol. The van der Waals surface area contributed by atoms with E-state index in [0.717, 1.165) is 5.56 Å². The third kappa shape index (κ3) is 4.06. The molecule has 2 heterocycles. The van der Waals surface area contributed by atoms with Crippen LogP contribution in [0.4, 0.5) is 11.4 Å². The first-order valence-corrected chi connectivity index (χ1v) is 11.8. The number of amides is 2. The van der Waals surface area contributed by atoms with Gasteiger partial charge in [0.1, 0.15) is 12.0 Å². The number of carbonyl (C=O) groups is 2. The number of nitro benzene ring substituents is 1. The molecule has 0 aliphatic carbocycles. The van der Waals surface area contributed by atoms with Crippen molar-refractivity contribution in [2.24, 2.45) is 5.92 Å². The lowest BCUT2D eigenvalue weighted by atomic mass is 9.89. The molecule has 0 spiro atoms. The Kier molecular flexibility index (Phi) is 6.60. The number of non-ortho nitro benzene ring substituents is 1. The van der Waals surface area contributed by atoms with Crippen LogP contribution in [0, 0.1) is 16.0 Å². The normalized spacial score (nSPS) is 20.4. The summed E-state index contributed by atoms with van der Waals surface area (Å²) in [6, 6.07) is 17.5. The summed E-state index contributed by atoms with van der Waals surface area (Å²) >= 11 is 0. The van der Waals surface area contributed by atoms with Crippen LogP contribution in [-0.2, 0) is 21.0 Å². The summed E-state index contributed by atoms with van der Waals surface area (Å²) in [5, 5.41) is 12.8. The van der Waals surface area contributed by atoms with E-state index < -0.39 is 34.8 Å². The Labute approximate surface area is 218 Å². The number of methoxy groups -OCH3 is 3. The van der Waals surface area contributed by atoms with Gasteiger partial charge in [0.2, 0.25) is 11.7 Å². The van der Waals surface area contributed by atoms with Gasteiger partial charge < -0.3 is 14.2 Å². The maximum atomic E-state index is 13.8. The highest BCUT2D eigenvalue weighted by Crippen LogP contribution is 2.52. The summed E-state index contributed by atoms with van der Waals surface area (Å²) in [4.78, 5) is 45.5. The van der Waals surface area contributed by atoms with Crippen molar-refractivity contribution in [3.8, 4) is 17.2 Å². The number of rotatable bonds is 8. The van der Waals surface area contributed by atoms with Crippen molar-refractivity contribution in [3.05, 3.63) is 88.0 Å². The van der Waals surface area contributed by atoms with Crippen LogP contribution in [0.1, 0.15) is 17.2 Å². The molecule has 11 heteroatoms. The van der Waals surface area contributed by atoms with Gasteiger partial charge in [-0.2, -0.15) is 0 Å². The number of nitro groups is 1. The zero-order valence-electron chi connectivity index (χ0n) is 20.9. The second kappa shape index (κ2) is 10.0. The lowest BCUT2D eigenvalue weighted by Gasteiger charge is -2.30. The van der Waals surface area contributed by atoms with Crippen LogP contribution in [0.25, 0.3) is 0 Å². The van der Waals surface area contributed by atoms with Crippen LogP contribution < -0.4 is 19.3 Å². The fraction of sp³-hybridized carbons (Fsp3) is 0.259. The van der Waals surface area contributed by atoms with Crippen molar-refractivity contribution in [2.45, 2.75) is 18.7 Å². The lowest BCUT2D eigenvalue weighted by molar-refractivity contribution is -0.384. The van der Waals surface area contributed by atoms with Crippen LogP contribution in [0.2, 0.25) is 0 Å². The second-order valence-electron chi connectivity index (χ2n) is 8.77. The molecule has 2 aliphatic heterocycles. The first-order valence-electron chi connectivity index (χ1n) is 11.8. The van der Waals surface area contributed by atoms with E-state index in [-0.39, 0.29) is 12.2 Å². The molecule has 3 aromatic carbocycles. The van der Waals surface area contributed by atoms with E-state index >= 15 is 0 Å². The lowest BCUT2D eigenvalue weighted by Crippen LogP contribution is -2.37. The zero-order valence-corrected chi connectivity index (χ0v) is 20.9. The molecule has 3 atom stereocenters. The number of hydroxylamine groups is 1. The van der Waals surface area contributed by atoms with Crippen molar-refractivity contribution >= 4 is 23.2 Å². The van der Waals surface area contributed by atoms with Crippen molar-refractivity contribution in [3.63, 3.8) is 0 Å². The minimum atomic E-state index is -1.13. The molecular formula is C27H25N3O8. The van der Waals surface area contributed by atoms with E-state index in [1.807, 2.05) is 30.3 Å². The van der Waals surface area contributed by atoms with Crippen molar-refractivity contribution in [1.29, 1.82) is 0 Å². The molecule has 2 fully saturated rings. The van der Waals surface area contributed by atoms with E-state index in [1.54, 1.807) is 18.2 Å². The van der Waals surface area contributed by atoms with Gasteiger partial charge in [-0.15, -0.1) is 0 Å². The number of anilines is 1. The predicted molar refractivity (Wildman–Crippen MR) is 135 cm³/mol. The summed E-state index contributed by atoms with van der Waals surface area (Å²) in [5.74, 6) is -0.853. The van der Waals surface area contributed by atoms with Gasteiger partial charge in [0.05, 0.1) is 38.5 Å². The molecule has 0 unspecified atom stereocenters. The number of imide groups is 1. The molecule has 38 heavy (non-hydrogen) atoms. The molecule has 0 bridgehead atoms. The fourth-order valence-corrected chi connectivity index (χ4v) is 5.03. The van der Waals surface area contributed by atoms with Crippen molar-refractivity contribution < 1.29 is 33.6 Å². The molecule has 2 amide bonds. The van der Waals surface area contributed by atoms with E-state index in [2.05, 4.69) is 0 Å². The topological polar surface area (TPSA) is 121 Å². The third-order valence-corrected chi connectivity index (χ3v) is 6.74. The number of nitrogens with zero attached hydrogens (tertiary/aromatic N) is 3. The summed E-state index contributed by atoms with van der Waals surface area (Å²) in [7, 11) is 4.40. The van der Waals surface area contributed by atoms with E-state index in [9.17, 15) is 19.7 Å². The zero-order chi connectivity index (χ0) is 27.0. The van der Waals surface area contributed by atoms with E-state index in [1.165, 1.54) is 49.5 Å². The number of benzene rings is 3. The SMILES string of the molecule is COc1ccc([C@H]2[C@H]3C(=O)N(Cc4ccccc4)C(=O)[C@H]3ON2c2cccc([N+](=O)[O-])c2)c(OC)c1OC. The molecule has 2 aliphatic rings. The Morgan fingerprint density at radius 2 is 1.63 bits per heavy atom. The highest BCUT2D eigenvalue weighted by molar-refractivity contribution is 6.07. The maximum Gasteiger partial charge on any atom is 0.271 e. The number of fused-ring (bicyclic) bond motifs is 1. The number of carbonyl (C=O) groups excluding carboxylic acids is 2. The van der Waals surface area contributed by atoms with E-state index in [0.29, 0.717) is 28.5 Å². The Morgan fingerprint density at radius 1 is 0.895 bits per heavy atom. The number of likely N-dealkylation sites (tertiary alicyclic amines) is 1. The van der Waals surface area contributed by atoms with E-state index in [4.69, 9.17) is 19.0 Å². The number of hydrogen-bond donors (Lipinski definition) is 0. The molecule has 196 valence electrons. The standard InChI is InChI=1S/C27H25N3O8/c1-35-20-13-12-19(23(36-2)24(20)37-3)22-21-25(38-29(22)17-10-7-11-18(14-17)30(33)34)27(32)28(26(21)31)15-16-8-5-4-6-9-16/h4-14,21-22,25H,15H2,1-3H3/t21-,22+,25+/m1/s1. The highest BCUT2D eigenvalue weighted by atomic mass is 16.7. The summed E-state index contributed by atoms with van der Waals surface area (Å²) in [6.07, 6.45) is -1.13. The first-order chi connectivity index (χ1) is 18.4. The second-order valence-corrected chi connectivity index (χ2v) is 8.77. The smallest absolute Gasteiger partial charge is 0.271 e. The molecule has 11 nitrogen and oxygen atoms in total.